The Morgan fingerprint density at radius 3 is 2.25 bits per heavy atom. The number of benzene rings is 2. The zero-order chi connectivity index (χ0) is 17.4. The molecule has 2 rings (SSSR count). The molecule has 4 nitrogen and oxygen atoms in total. The van der Waals surface area contributed by atoms with Gasteiger partial charge >= 0.3 is 0 Å². The van der Waals surface area contributed by atoms with E-state index in [4.69, 9.17) is 4.74 Å². The minimum Gasteiger partial charge on any atom is -0.497 e. The largest absolute Gasteiger partial charge is 0.497 e. The van der Waals surface area contributed by atoms with Crippen molar-refractivity contribution in [3.63, 3.8) is 0 Å². The van der Waals surface area contributed by atoms with Gasteiger partial charge in [-0.2, -0.15) is 0 Å². The molecule has 0 fully saturated rings. The molecule has 0 spiro atoms. The van der Waals surface area contributed by atoms with Gasteiger partial charge in [-0.15, -0.1) is 11.8 Å². The normalized spacial score (nSPS) is 10.3. The Morgan fingerprint density at radius 1 is 1.04 bits per heavy atom. The number of ether oxygens (including phenoxy) is 1. The van der Waals surface area contributed by atoms with Crippen LogP contribution in [0.3, 0.4) is 0 Å². The molecule has 0 aliphatic heterocycles. The summed E-state index contributed by atoms with van der Waals surface area (Å²) >= 11 is 1.61. The van der Waals surface area contributed by atoms with E-state index in [1.54, 1.807) is 18.9 Å². The van der Waals surface area contributed by atoms with E-state index in [1.165, 1.54) is 5.56 Å². The van der Waals surface area contributed by atoms with Gasteiger partial charge < -0.3 is 15.0 Å². The standard InChI is InChI=1S/C19H24N2O2S/c1-21(2)17-8-4-15(5-9-17)12-20-19(22)14-24-13-16-6-10-18(23-3)11-7-16/h4-11H,12-14H2,1-3H3,(H,20,22). The molecule has 0 aromatic heterocycles. The van der Waals surface area contributed by atoms with E-state index >= 15 is 0 Å². The number of amides is 1. The van der Waals surface area contributed by atoms with E-state index in [-0.39, 0.29) is 5.91 Å². The van der Waals surface area contributed by atoms with Crippen LogP contribution in [0.4, 0.5) is 5.69 Å². The third-order valence-electron chi connectivity index (χ3n) is 3.60. The second-order valence-corrected chi connectivity index (χ2v) is 6.66. The van der Waals surface area contributed by atoms with Crippen LogP contribution in [-0.2, 0) is 17.1 Å². The highest BCUT2D eigenvalue weighted by molar-refractivity contribution is 7.99. The Labute approximate surface area is 148 Å². The van der Waals surface area contributed by atoms with Crippen LogP contribution in [0.1, 0.15) is 11.1 Å². The van der Waals surface area contributed by atoms with Gasteiger partial charge in [-0.1, -0.05) is 24.3 Å². The smallest absolute Gasteiger partial charge is 0.230 e. The van der Waals surface area contributed by atoms with E-state index in [0.29, 0.717) is 12.3 Å². The fourth-order valence-electron chi connectivity index (χ4n) is 2.15. The first kappa shape index (κ1) is 18.2. The van der Waals surface area contributed by atoms with Crippen molar-refractivity contribution < 1.29 is 9.53 Å². The Hall–Kier alpha value is -2.14. The van der Waals surface area contributed by atoms with Gasteiger partial charge in [-0.05, 0) is 35.4 Å². The van der Waals surface area contributed by atoms with Crippen LogP contribution in [0.15, 0.2) is 48.5 Å². The summed E-state index contributed by atoms with van der Waals surface area (Å²) in [5.74, 6) is 2.18. The molecule has 128 valence electrons. The lowest BCUT2D eigenvalue weighted by Crippen LogP contribution is -2.24. The SMILES string of the molecule is COc1ccc(CSCC(=O)NCc2ccc(N(C)C)cc2)cc1. The van der Waals surface area contributed by atoms with E-state index in [9.17, 15) is 4.79 Å². The molecule has 0 unspecified atom stereocenters. The highest BCUT2D eigenvalue weighted by atomic mass is 32.2. The lowest BCUT2D eigenvalue weighted by Gasteiger charge is -2.13. The predicted octanol–water partition coefficient (Wildman–Crippen LogP) is 3.31. The van der Waals surface area contributed by atoms with Crippen molar-refractivity contribution in [2.45, 2.75) is 12.3 Å². The summed E-state index contributed by atoms with van der Waals surface area (Å²) in [6.45, 7) is 0.565. The first-order valence-electron chi connectivity index (χ1n) is 7.82. The summed E-state index contributed by atoms with van der Waals surface area (Å²) in [7, 11) is 5.68. The predicted molar refractivity (Wildman–Crippen MR) is 102 cm³/mol. The van der Waals surface area contributed by atoms with Gasteiger partial charge in [0.2, 0.25) is 5.91 Å². The van der Waals surface area contributed by atoms with Crippen molar-refractivity contribution in [2.24, 2.45) is 0 Å². The average Bonchev–Trinajstić information content (AvgIpc) is 2.61. The molecule has 2 aromatic rings. The summed E-state index contributed by atoms with van der Waals surface area (Å²) in [4.78, 5) is 14.0. The molecule has 2 aromatic carbocycles. The maximum Gasteiger partial charge on any atom is 0.230 e. The number of rotatable bonds is 8. The highest BCUT2D eigenvalue weighted by Gasteiger charge is 2.03. The summed E-state index contributed by atoms with van der Waals surface area (Å²) < 4.78 is 5.13. The molecule has 5 heteroatoms. The van der Waals surface area contributed by atoms with Crippen molar-refractivity contribution in [1.82, 2.24) is 5.32 Å². The van der Waals surface area contributed by atoms with Gasteiger partial charge in [-0.3, -0.25) is 4.79 Å². The van der Waals surface area contributed by atoms with Crippen LogP contribution in [0.2, 0.25) is 0 Å². The Bertz CT molecular complexity index is 639. The van der Waals surface area contributed by atoms with Crippen LogP contribution in [0.25, 0.3) is 0 Å². The number of carbonyl (C=O) groups excluding carboxylic acids is 1. The van der Waals surface area contributed by atoms with Gasteiger partial charge in [0.15, 0.2) is 0 Å². The van der Waals surface area contributed by atoms with Gasteiger partial charge in [-0.25, -0.2) is 0 Å². The van der Waals surface area contributed by atoms with Crippen molar-refractivity contribution in [2.75, 3.05) is 31.9 Å². The van der Waals surface area contributed by atoms with Crippen LogP contribution in [-0.4, -0.2) is 32.9 Å². The maximum absolute atomic E-state index is 11.9. The minimum atomic E-state index is 0.0604. The van der Waals surface area contributed by atoms with Crippen LogP contribution >= 0.6 is 11.8 Å². The topological polar surface area (TPSA) is 41.6 Å². The Morgan fingerprint density at radius 2 is 1.67 bits per heavy atom. The number of carbonyl (C=O) groups is 1. The van der Waals surface area contributed by atoms with Crippen molar-refractivity contribution in [1.29, 1.82) is 0 Å². The van der Waals surface area contributed by atoms with E-state index in [1.807, 2.05) is 50.5 Å². The summed E-state index contributed by atoms with van der Waals surface area (Å²) in [6, 6.07) is 16.1. The molecule has 1 N–H and O–H groups in total. The molecular weight excluding hydrogens is 320 g/mol. The van der Waals surface area contributed by atoms with Crippen molar-refractivity contribution in [3.8, 4) is 5.75 Å². The maximum atomic E-state index is 11.9. The van der Waals surface area contributed by atoms with Gasteiger partial charge in [0, 0.05) is 32.1 Å². The van der Waals surface area contributed by atoms with Gasteiger partial charge in [0.1, 0.15) is 5.75 Å². The molecule has 0 saturated heterocycles. The van der Waals surface area contributed by atoms with E-state index in [0.717, 1.165) is 22.8 Å². The number of anilines is 1. The van der Waals surface area contributed by atoms with Crippen molar-refractivity contribution >= 4 is 23.4 Å². The molecule has 1 amide bonds. The fourth-order valence-corrected chi connectivity index (χ4v) is 2.96. The first-order chi connectivity index (χ1) is 11.6. The lowest BCUT2D eigenvalue weighted by atomic mass is 10.2. The summed E-state index contributed by atoms with van der Waals surface area (Å²) in [5.41, 5.74) is 3.45. The monoisotopic (exact) mass is 344 g/mol. The zero-order valence-corrected chi connectivity index (χ0v) is 15.2. The number of thioether (sulfide) groups is 1. The van der Waals surface area contributed by atoms with Crippen LogP contribution in [0, 0.1) is 0 Å². The Balaban J connectivity index is 1.69. The molecule has 0 aliphatic rings. The molecule has 24 heavy (non-hydrogen) atoms. The molecule has 0 radical (unpaired) electrons. The number of nitrogens with zero attached hydrogens (tertiary/aromatic N) is 1. The molecule has 0 atom stereocenters. The van der Waals surface area contributed by atoms with E-state index < -0.39 is 0 Å². The van der Waals surface area contributed by atoms with Gasteiger partial charge in [0.25, 0.3) is 0 Å². The quantitative estimate of drug-likeness (QED) is 0.798. The minimum absolute atomic E-state index is 0.0604. The fraction of sp³-hybridized carbons (Fsp3) is 0.316. The average molecular weight is 344 g/mol. The van der Waals surface area contributed by atoms with Crippen LogP contribution in [0.5, 0.6) is 5.75 Å². The zero-order valence-electron chi connectivity index (χ0n) is 14.4. The number of nitrogens with one attached hydrogen (secondary N) is 1. The summed E-state index contributed by atoms with van der Waals surface area (Å²) in [5, 5.41) is 2.96. The highest BCUT2D eigenvalue weighted by Crippen LogP contribution is 2.16. The number of methoxy groups -OCH3 is 1. The summed E-state index contributed by atoms with van der Waals surface area (Å²) in [6.07, 6.45) is 0. The van der Waals surface area contributed by atoms with Gasteiger partial charge in [0.05, 0.1) is 12.9 Å². The van der Waals surface area contributed by atoms with Crippen molar-refractivity contribution in [3.05, 3.63) is 59.7 Å². The molecule has 0 saturated carbocycles. The molecule has 0 bridgehead atoms. The second-order valence-electron chi connectivity index (χ2n) is 5.68. The third kappa shape index (κ3) is 5.81. The van der Waals surface area contributed by atoms with E-state index in [2.05, 4.69) is 22.3 Å². The second kappa shape index (κ2) is 9.23. The lowest BCUT2D eigenvalue weighted by molar-refractivity contribution is -0.118. The Kier molecular flexibility index (Phi) is 7.00. The molecular formula is C19H24N2O2S. The number of hydrogen-bond donors (Lipinski definition) is 1. The molecule has 0 aliphatic carbocycles. The molecule has 0 heterocycles. The van der Waals surface area contributed by atoms with Crippen LogP contribution < -0.4 is 15.0 Å². The third-order valence-corrected chi connectivity index (χ3v) is 4.61. The number of hydrogen-bond acceptors (Lipinski definition) is 4. The first-order valence-corrected chi connectivity index (χ1v) is 8.97.